The van der Waals surface area contributed by atoms with Gasteiger partial charge in [0.05, 0.1) is 23.8 Å². The molecule has 0 spiro atoms. The zero-order chi connectivity index (χ0) is 14.7. The van der Waals surface area contributed by atoms with E-state index >= 15 is 0 Å². The Morgan fingerprint density at radius 3 is 2.50 bits per heavy atom. The molecule has 1 aromatic carbocycles. The van der Waals surface area contributed by atoms with Gasteiger partial charge in [-0.1, -0.05) is 0 Å². The van der Waals surface area contributed by atoms with Crippen molar-refractivity contribution in [3.63, 3.8) is 0 Å². The van der Waals surface area contributed by atoms with Crippen LogP contribution in [0.1, 0.15) is 23.7 Å². The minimum Gasteiger partial charge on any atom is -0.462 e. The molecule has 0 aliphatic carbocycles. The van der Waals surface area contributed by atoms with Crippen LogP contribution in [0.3, 0.4) is 0 Å². The van der Waals surface area contributed by atoms with Gasteiger partial charge in [-0.05, 0) is 31.2 Å². The third-order valence-electron chi connectivity index (χ3n) is 3.06. The SMILES string of the molecule is CCOC(=O)c1ccc(N2C(=O)CC(CCl)C2=O)cc1. The number of amides is 2. The number of imide groups is 1. The molecule has 2 rings (SSSR count). The van der Waals surface area contributed by atoms with Gasteiger partial charge in [0.2, 0.25) is 11.8 Å². The van der Waals surface area contributed by atoms with Gasteiger partial charge < -0.3 is 4.74 Å². The second kappa shape index (κ2) is 6.05. The molecule has 1 saturated heterocycles. The molecule has 1 unspecified atom stereocenters. The summed E-state index contributed by atoms with van der Waals surface area (Å²) in [4.78, 5) is 36.5. The molecule has 1 aliphatic heterocycles. The number of benzene rings is 1. The zero-order valence-electron chi connectivity index (χ0n) is 11.0. The first-order valence-corrected chi connectivity index (χ1v) is 6.81. The molecule has 0 aromatic heterocycles. The van der Waals surface area contributed by atoms with E-state index in [2.05, 4.69) is 0 Å². The molecule has 0 radical (unpaired) electrons. The first-order valence-electron chi connectivity index (χ1n) is 6.28. The normalized spacial score (nSPS) is 18.5. The van der Waals surface area contributed by atoms with Crippen molar-refractivity contribution >= 4 is 35.1 Å². The average Bonchev–Trinajstić information content (AvgIpc) is 2.74. The number of hydrogen-bond donors (Lipinski definition) is 0. The Balaban J connectivity index is 2.20. The Bertz CT molecular complexity index is 541. The van der Waals surface area contributed by atoms with E-state index in [1.54, 1.807) is 19.1 Å². The lowest BCUT2D eigenvalue weighted by Gasteiger charge is -2.14. The molecular weight excluding hydrogens is 282 g/mol. The Morgan fingerprint density at radius 1 is 1.35 bits per heavy atom. The highest BCUT2D eigenvalue weighted by Gasteiger charge is 2.38. The van der Waals surface area contributed by atoms with Crippen LogP contribution < -0.4 is 4.90 Å². The van der Waals surface area contributed by atoms with E-state index in [9.17, 15) is 14.4 Å². The van der Waals surface area contributed by atoms with Crippen LogP contribution in [0.25, 0.3) is 0 Å². The lowest BCUT2D eigenvalue weighted by molar-refractivity contribution is -0.122. The van der Waals surface area contributed by atoms with Gasteiger partial charge in [-0.2, -0.15) is 0 Å². The number of nitrogens with zero attached hydrogens (tertiary/aromatic N) is 1. The predicted molar refractivity (Wildman–Crippen MR) is 73.7 cm³/mol. The third kappa shape index (κ3) is 2.67. The van der Waals surface area contributed by atoms with E-state index in [0.717, 1.165) is 4.90 Å². The van der Waals surface area contributed by atoms with Crippen molar-refractivity contribution in [3.05, 3.63) is 29.8 Å². The lowest BCUT2D eigenvalue weighted by atomic mass is 10.1. The molecule has 106 valence electrons. The van der Waals surface area contributed by atoms with Gasteiger partial charge in [0.15, 0.2) is 0 Å². The standard InChI is InChI=1S/C14H14ClNO4/c1-2-20-14(19)9-3-5-11(6-4-9)16-12(17)7-10(8-15)13(16)18/h3-6,10H,2,7-8H2,1H3. The summed E-state index contributed by atoms with van der Waals surface area (Å²) in [6.07, 6.45) is 0.127. The average molecular weight is 296 g/mol. The summed E-state index contributed by atoms with van der Waals surface area (Å²) in [5.41, 5.74) is 0.823. The van der Waals surface area contributed by atoms with E-state index in [0.29, 0.717) is 17.9 Å². The van der Waals surface area contributed by atoms with Gasteiger partial charge >= 0.3 is 5.97 Å². The molecule has 20 heavy (non-hydrogen) atoms. The highest BCUT2D eigenvalue weighted by atomic mass is 35.5. The highest BCUT2D eigenvalue weighted by Crippen LogP contribution is 2.27. The summed E-state index contributed by atoms with van der Waals surface area (Å²) in [7, 11) is 0. The van der Waals surface area contributed by atoms with E-state index in [1.807, 2.05) is 0 Å². The number of carbonyl (C=O) groups excluding carboxylic acids is 3. The number of alkyl halides is 1. The van der Waals surface area contributed by atoms with Crippen LogP contribution in [0.4, 0.5) is 5.69 Å². The van der Waals surface area contributed by atoms with Crippen LogP contribution in [-0.2, 0) is 14.3 Å². The molecule has 0 bridgehead atoms. The van der Waals surface area contributed by atoms with Gasteiger partial charge in [-0.25, -0.2) is 4.79 Å². The Labute approximate surface area is 121 Å². The van der Waals surface area contributed by atoms with Crippen molar-refractivity contribution in [1.82, 2.24) is 0 Å². The minimum absolute atomic E-state index is 0.127. The molecular formula is C14H14ClNO4. The Hall–Kier alpha value is -1.88. The number of anilines is 1. The first kappa shape index (κ1) is 14.5. The predicted octanol–water partition coefficient (Wildman–Crippen LogP) is 1.98. The molecule has 0 saturated carbocycles. The monoisotopic (exact) mass is 295 g/mol. The second-order valence-electron chi connectivity index (χ2n) is 4.39. The zero-order valence-corrected chi connectivity index (χ0v) is 11.7. The maximum Gasteiger partial charge on any atom is 0.338 e. The quantitative estimate of drug-likeness (QED) is 0.484. The lowest BCUT2D eigenvalue weighted by Crippen LogP contribution is -2.30. The summed E-state index contributed by atoms with van der Waals surface area (Å²) in [5, 5.41) is 0. The Morgan fingerprint density at radius 2 is 2.00 bits per heavy atom. The summed E-state index contributed by atoms with van der Waals surface area (Å²) in [6.45, 7) is 2.02. The van der Waals surface area contributed by atoms with Crippen molar-refractivity contribution in [2.75, 3.05) is 17.4 Å². The molecule has 0 N–H and O–H groups in total. The van der Waals surface area contributed by atoms with Crippen LogP contribution in [0, 0.1) is 5.92 Å². The van der Waals surface area contributed by atoms with Crippen LogP contribution >= 0.6 is 11.6 Å². The molecule has 1 fully saturated rings. The van der Waals surface area contributed by atoms with Gasteiger partial charge in [0, 0.05) is 12.3 Å². The van der Waals surface area contributed by atoms with Crippen molar-refractivity contribution in [2.24, 2.45) is 5.92 Å². The van der Waals surface area contributed by atoms with Crippen molar-refractivity contribution in [3.8, 4) is 0 Å². The number of rotatable bonds is 4. The first-order chi connectivity index (χ1) is 9.58. The smallest absolute Gasteiger partial charge is 0.338 e. The molecule has 2 amide bonds. The number of carbonyl (C=O) groups is 3. The summed E-state index contributed by atoms with van der Waals surface area (Å²) >= 11 is 5.66. The van der Waals surface area contributed by atoms with Crippen molar-refractivity contribution < 1.29 is 19.1 Å². The largest absolute Gasteiger partial charge is 0.462 e. The summed E-state index contributed by atoms with van der Waals surface area (Å²) < 4.78 is 4.87. The number of halogens is 1. The third-order valence-corrected chi connectivity index (χ3v) is 3.44. The molecule has 1 aliphatic rings. The van der Waals surface area contributed by atoms with Crippen LogP contribution in [0.2, 0.25) is 0 Å². The fourth-order valence-corrected chi connectivity index (χ4v) is 2.29. The van der Waals surface area contributed by atoms with Crippen molar-refractivity contribution in [1.29, 1.82) is 0 Å². The summed E-state index contributed by atoms with van der Waals surface area (Å²) in [5.74, 6) is -1.34. The van der Waals surface area contributed by atoms with Gasteiger partial charge in [0.1, 0.15) is 0 Å². The maximum absolute atomic E-state index is 12.0. The Kier molecular flexibility index (Phi) is 4.39. The van der Waals surface area contributed by atoms with Gasteiger partial charge in [-0.3, -0.25) is 14.5 Å². The highest BCUT2D eigenvalue weighted by molar-refractivity contribution is 6.25. The molecule has 1 aromatic rings. The van der Waals surface area contributed by atoms with E-state index < -0.39 is 11.9 Å². The van der Waals surface area contributed by atoms with E-state index in [-0.39, 0.29) is 24.1 Å². The fourth-order valence-electron chi connectivity index (χ4n) is 2.05. The number of ether oxygens (including phenoxy) is 1. The maximum atomic E-state index is 12.0. The van der Waals surface area contributed by atoms with Crippen LogP contribution in [-0.4, -0.2) is 30.3 Å². The topological polar surface area (TPSA) is 63.7 Å². The number of esters is 1. The molecule has 6 heteroatoms. The van der Waals surface area contributed by atoms with Crippen LogP contribution in [0.15, 0.2) is 24.3 Å². The number of hydrogen-bond acceptors (Lipinski definition) is 4. The minimum atomic E-state index is -0.464. The van der Waals surface area contributed by atoms with E-state index in [4.69, 9.17) is 16.3 Å². The molecule has 1 heterocycles. The van der Waals surface area contributed by atoms with Crippen LogP contribution in [0.5, 0.6) is 0 Å². The molecule has 5 nitrogen and oxygen atoms in total. The van der Waals surface area contributed by atoms with Crippen molar-refractivity contribution in [2.45, 2.75) is 13.3 Å². The second-order valence-corrected chi connectivity index (χ2v) is 4.70. The fraction of sp³-hybridized carbons (Fsp3) is 0.357. The molecule has 1 atom stereocenters. The van der Waals surface area contributed by atoms with Gasteiger partial charge in [-0.15, -0.1) is 11.6 Å². The van der Waals surface area contributed by atoms with Gasteiger partial charge in [0.25, 0.3) is 0 Å². The summed E-state index contributed by atoms with van der Waals surface area (Å²) in [6, 6.07) is 6.17. The van der Waals surface area contributed by atoms with E-state index in [1.165, 1.54) is 12.1 Å².